The van der Waals surface area contributed by atoms with Gasteiger partial charge in [0.1, 0.15) is 5.75 Å². The lowest BCUT2D eigenvalue weighted by atomic mass is 10.2. The van der Waals surface area contributed by atoms with Crippen molar-refractivity contribution in [1.82, 2.24) is 0 Å². The summed E-state index contributed by atoms with van der Waals surface area (Å²) in [7, 11) is 1.68. The van der Waals surface area contributed by atoms with Crippen LogP contribution in [0.15, 0.2) is 38.6 Å². The van der Waals surface area contributed by atoms with E-state index in [1.807, 2.05) is 18.2 Å². The Labute approximate surface area is 128 Å². The molecule has 1 atom stereocenters. The van der Waals surface area contributed by atoms with E-state index >= 15 is 0 Å². The molecule has 0 spiro atoms. The Bertz CT molecular complexity index is 542. The average Bonchev–Trinajstić information content (AvgIpc) is 2.76. The third kappa shape index (κ3) is 3.28. The first-order chi connectivity index (χ1) is 8.60. The molecule has 0 aliphatic heterocycles. The quantitative estimate of drug-likeness (QED) is 0.748. The van der Waals surface area contributed by atoms with Crippen molar-refractivity contribution >= 4 is 48.9 Å². The van der Waals surface area contributed by atoms with Gasteiger partial charge in [0.15, 0.2) is 0 Å². The van der Waals surface area contributed by atoms with Gasteiger partial charge in [0.2, 0.25) is 0 Å². The van der Waals surface area contributed by atoms with E-state index in [1.165, 1.54) is 4.88 Å². The zero-order chi connectivity index (χ0) is 13.1. The molecule has 1 heterocycles. The van der Waals surface area contributed by atoms with Gasteiger partial charge >= 0.3 is 0 Å². The summed E-state index contributed by atoms with van der Waals surface area (Å²) in [6, 6.07) is 8.31. The first-order valence-electron chi connectivity index (χ1n) is 5.44. The molecule has 1 unspecified atom stereocenters. The van der Waals surface area contributed by atoms with Crippen LogP contribution in [0.3, 0.4) is 0 Å². The van der Waals surface area contributed by atoms with Crippen LogP contribution in [-0.4, -0.2) is 7.11 Å². The fourth-order valence-electron chi connectivity index (χ4n) is 1.65. The number of halogens is 2. The van der Waals surface area contributed by atoms with Gasteiger partial charge in [-0.3, -0.25) is 0 Å². The van der Waals surface area contributed by atoms with Gasteiger partial charge in [0.25, 0.3) is 0 Å². The number of hydrogen-bond donors (Lipinski definition) is 1. The van der Waals surface area contributed by atoms with Crippen LogP contribution >= 0.6 is 43.2 Å². The van der Waals surface area contributed by atoms with Crippen molar-refractivity contribution < 1.29 is 4.74 Å². The summed E-state index contributed by atoms with van der Waals surface area (Å²) in [4.78, 5) is 1.28. The van der Waals surface area contributed by atoms with Gasteiger partial charge in [-0.2, -0.15) is 0 Å². The Morgan fingerprint density at radius 1 is 1.22 bits per heavy atom. The van der Waals surface area contributed by atoms with Crippen molar-refractivity contribution in [2.45, 2.75) is 13.0 Å². The molecular formula is C13H13Br2NOS. The molecule has 2 aromatic rings. The van der Waals surface area contributed by atoms with E-state index in [0.717, 1.165) is 20.4 Å². The summed E-state index contributed by atoms with van der Waals surface area (Å²) in [6.07, 6.45) is 0. The lowest BCUT2D eigenvalue weighted by Crippen LogP contribution is -2.06. The van der Waals surface area contributed by atoms with Crippen LogP contribution in [-0.2, 0) is 0 Å². The molecule has 0 saturated carbocycles. The van der Waals surface area contributed by atoms with E-state index < -0.39 is 0 Å². The van der Waals surface area contributed by atoms with Gasteiger partial charge < -0.3 is 10.1 Å². The molecule has 2 rings (SSSR count). The molecule has 0 amide bonds. The predicted octanol–water partition coefficient (Wildman–Crippen LogP) is 5.45. The molecule has 1 N–H and O–H groups in total. The summed E-state index contributed by atoms with van der Waals surface area (Å²) in [6.45, 7) is 2.14. The zero-order valence-corrected chi connectivity index (χ0v) is 14.0. The van der Waals surface area contributed by atoms with Gasteiger partial charge in [-0.1, -0.05) is 15.9 Å². The normalized spacial score (nSPS) is 12.2. The van der Waals surface area contributed by atoms with Crippen LogP contribution < -0.4 is 10.1 Å². The molecular weight excluding hydrogens is 378 g/mol. The summed E-state index contributed by atoms with van der Waals surface area (Å²) in [5.74, 6) is 0.848. The van der Waals surface area contributed by atoms with Gasteiger partial charge in [0, 0.05) is 19.2 Å². The molecule has 0 aliphatic rings. The molecule has 0 aliphatic carbocycles. The van der Waals surface area contributed by atoms with Crippen LogP contribution in [0.5, 0.6) is 5.75 Å². The second-order valence-corrected chi connectivity index (χ2v) is 6.65. The van der Waals surface area contributed by atoms with E-state index in [4.69, 9.17) is 4.74 Å². The van der Waals surface area contributed by atoms with E-state index in [9.17, 15) is 0 Å². The van der Waals surface area contributed by atoms with Crippen molar-refractivity contribution in [2.24, 2.45) is 0 Å². The first kappa shape index (κ1) is 13.9. The standard InChI is InChI=1S/C13H13Br2NOS/c1-8(13-6-10(15)7-18-13)16-11-5-9(14)3-4-12(11)17-2/h3-8,16H,1-2H3. The number of thiophene rings is 1. The highest BCUT2D eigenvalue weighted by Gasteiger charge is 2.11. The third-order valence-corrected chi connectivity index (χ3v) is 4.92. The van der Waals surface area contributed by atoms with Gasteiger partial charge in [-0.25, -0.2) is 0 Å². The van der Waals surface area contributed by atoms with E-state index in [0.29, 0.717) is 0 Å². The number of rotatable bonds is 4. The van der Waals surface area contributed by atoms with Crippen LogP contribution in [0.1, 0.15) is 17.8 Å². The fraction of sp³-hybridized carbons (Fsp3) is 0.231. The van der Waals surface area contributed by atoms with Gasteiger partial charge in [-0.05, 0) is 47.1 Å². The molecule has 0 fully saturated rings. The molecule has 2 nitrogen and oxygen atoms in total. The summed E-state index contributed by atoms with van der Waals surface area (Å²) in [5.41, 5.74) is 0.990. The van der Waals surface area contributed by atoms with Gasteiger partial charge in [-0.15, -0.1) is 11.3 Å². The highest BCUT2D eigenvalue weighted by Crippen LogP contribution is 2.33. The number of hydrogen-bond acceptors (Lipinski definition) is 3. The van der Waals surface area contributed by atoms with Crippen molar-refractivity contribution in [2.75, 3.05) is 12.4 Å². The summed E-state index contributed by atoms with van der Waals surface area (Å²) < 4.78 is 7.51. The predicted molar refractivity (Wildman–Crippen MR) is 84.8 cm³/mol. The molecule has 0 bridgehead atoms. The second kappa shape index (κ2) is 6.08. The molecule has 0 saturated heterocycles. The van der Waals surface area contributed by atoms with Crippen molar-refractivity contribution in [3.8, 4) is 5.75 Å². The molecule has 1 aromatic heterocycles. The van der Waals surface area contributed by atoms with E-state index in [-0.39, 0.29) is 6.04 Å². The molecule has 5 heteroatoms. The lowest BCUT2D eigenvalue weighted by molar-refractivity contribution is 0.416. The monoisotopic (exact) mass is 389 g/mol. The Morgan fingerprint density at radius 3 is 2.61 bits per heavy atom. The minimum absolute atomic E-state index is 0.240. The summed E-state index contributed by atoms with van der Waals surface area (Å²) >= 11 is 8.68. The Hall–Kier alpha value is -0.520. The van der Waals surface area contributed by atoms with Crippen LogP contribution in [0.2, 0.25) is 0 Å². The largest absolute Gasteiger partial charge is 0.495 e. The smallest absolute Gasteiger partial charge is 0.142 e. The van der Waals surface area contributed by atoms with Crippen LogP contribution in [0.25, 0.3) is 0 Å². The second-order valence-electron chi connectivity index (χ2n) is 3.88. The minimum Gasteiger partial charge on any atom is -0.495 e. The van der Waals surface area contributed by atoms with E-state index in [1.54, 1.807) is 18.4 Å². The fourth-order valence-corrected chi connectivity index (χ4v) is 3.47. The maximum absolute atomic E-state index is 5.35. The minimum atomic E-state index is 0.240. The topological polar surface area (TPSA) is 21.3 Å². The Morgan fingerprint density at radius 2 is 2.00 bits per heavy atom. The van der Waals surface area contributed by atoms with Gasteiger partial charge in [0.05, 0.1) is 18.8 Å². The average molecular weight is 391 g/mol. The molecule has 1 aromatic carbocycles. The third-order valence-electron chi connectivity index (χ3n) is 2.55. The van der Waals surface area contributed by atoms with Crippen molar-refractivity contribution in [3.05, 3.63) is 43.5 Å². The molecule has 0 radical (unpaired) electrons. The Kier molecular flexibility index (Phi) is 4.70. The summed E-state index contributed by atoms with van der Waals surface area (Å²) in [5, 5.41) is 5.56. The first-order valence-corrected chi connectivity index (χ1v) is 7.90. The van der Waals surface area contributed by atoms with E-state index in [2.05, 4.69) is 55.5 Å². The number of anilines is 1. The van der Waals surface area contributed by atoms with Crippen LogP contribution in [0.4, 0.5) is 5.69 Å². The number of nitrogens with one attached hydrogen (secondary N) is 1. The highest BCUT2D eigenvalue weighted by atomic mass is 79.9. The maximum Gasteiger partial charge on any atom is 0.142 e. The molecule has 18 heavy (non-hydrogen) atoms. The Balaban J connectivity index is 2.20. The zero-order valence-electron chi connectivity index (χ0n) is 10.0. The van der Waals surface area contributed by atoms with Crippen LogP contribution in [0, 0.1) is 0 Å². The highest BCUT2D eigenvalue weighted by molar-refractivity contribution is 9.10. The van der Waals surface area contributed by atoms with Crippen molar-refractivity contribution in [1.29, 1.82) is 0 Å². The number of methoxy groups -OCH3 is 1. The number of ether oxygens (including phenoxy) is 1. The molecule has 96 valence electrons. The van der Waals surface area contributed by atoms with Crippen molar-refractivity contribution in [3.63, 3.8) is 0 Å². The SMILES string of the molecule is COc1ccc(Br)cc1NC(C)c1cc(Br)cs1. The number of benzene rings is 1. The maximum atomic E-state index is 5.35. The lowest BCUT2D eigenvalue weighted by Gasteiger charge is -2.16.